The number of alkyl halides is 1. The van der Waals surface area contributed by atoms with Crippen LogP contribution in [0, 0.1) is 24.1 Å². The molecule has 1 aromatic rings. The molecule has 1 rings (SSSR count). The molecule has 72 valence electrons. The van der Waals surface area contributed by atoms with Gasteiger partial charge in [-0.2, -0.15) is 5.26 Å². The molecule has 2 nitrogen and oxygen atoms in total. The van der Waals surface area contributed by atoms with Crippen LogP contribution in [0.25, 0.3) is 0 Å². The Hall–Kier alpha value is -1.21. The van der Waals surface area contributed by atoms with Crippen molar-refractivity contribution in [3.05, 3.63) is 34.6 Å². The van der Waals surface area contributed by atoms with Gasteiger partial charge in [0.15, 0.2) is 5.78 Å². The Bertz CT molecular complexity index is 423. The molecule has 0 N–H and O–H groups in total. The number of benzene rings is 1. The molecule has 4 heteroatoms. The van der Waals surface area contributed by atoms with Gasteiger partial charge in [-0.15, -0.1) is 0 Å². The second-order valence-electron chi connectivity index (χ2n) is 2.81. The molecule has 0 aliphatic heterocycles. The molecule has 0 aliphatic rings. The molecule has 14 heavy (non-hydrogen) atoms. The number of ketones is 1. The summed E-state index contributed by atoms with van der Waals surface area (Å²) in [4.78, 5) is 11.3. The minimum atomic E-state index is -0.495. The summed E-state index contributed by atoms with van der Waals surface area (Å²) in [5.74, 6) is -0.782. The van der Waals surface area contributed by atoms with E-state index < -0.39 is 5.82 Å². The van der Waals surface area contributed by atoms with Crippen molar-refractivity contribution in [2.45, 2.75) is 6.92 Å². The predicted molar refractivity (Wildman–Crippen MR) is 54.0 cm³/mol. The fourth-order valence-electron chi connectivity index (χ4n) is 1.18. The maximum Gasteiger partial charge on any atom is 0.174 e. The van der Waals surface area contributed by atoms with Gasteiger partial charge in [0.25, 0.3) is 0 Å². The summed E-state index contributed by atoms with van der Waals surface area (Å²) in [5.41, 5.74) is 0.870. The lowest BCUT2D eigenvalue weighted by Crippen LogP contribution is -2.05. The third kappa shape index (κ3) is 1.99. The predicted octanol–water partition coefficient (Wildman–Crippen LogP) is 2.58. The highest BCUT2D eigenvalue weighted by Gasteiger charge is 2.13. The maximum absolute atomic E-state index is 13.0. The van der Waals surface area contributed by atoms with Crippen LogP contribution in [0.5, 0.6) is 0 Å². The van der Waals surface area contributed by atoms with E-state index in [-0.39, 0.29) is 22.2 Å². The molecule has 0 saturated heterocycles. The van der Waals surface area contributed by atoms with E-state index in [1.807, 2.05) is 6.07 Å². The highest BCUT2D eigenvalue weighted by molar-refractivity contribution is 9.09. The molecule has 0 amide bonds. The van der Waals surface area contributed by atoms with Crippen LogP contribution in [0.4, 0.5) is 4.39 Å². The number of Topliss-reactive ketones (excluding diaryl/α,β-unsaturated/α-hetero) is 1. The first kappa shape index (κ1) is 10.9. The fraction of sp³-hybridized carbons (Fsp3) is 0.200. The second-order valence-corrected chi connectivity index (χ2v) is 3.37. The van der Waals surface area contributed by atoms with Gasteiger partial charge in [-0.3, -0.25) is 4.79 Å². The smallest absolute Gasteiger partial charge is 0.174 e. The van der Waals surface area contributed by atoms with Crippen LogP contribution in [0.15, 0.2) is 12.1 Å². The first-order valence-corrected chi connectivity index (χ1v) is 5.01. The molecule has 1 aromatic carbocycles. The number of hydrogen-bond acceptors (Lipinski definition) is 2. The lowest BCUT2D eigenvalue weighted by atomic mass is 10.0. The average molecular weight is 256 g/mol. The summed E-state index contributed by atoms with van der Waals surface area (Å²) in [6.45, 7) is 1.60. The van der Waals surface area contributed by atoms with Crippen molar-refractivity contribution in [2.75, 3.05) is 5.33 Å². The SMILES string of the molecule is Cc1cc(F)cc(C(=O)CBr)c1C#N. The zero-order chi connectivity index (χ0) is 10.7. The molecule has 0 spiro atoms. The van der Waals surface area contributed by atoms with Crippen molar-refractivity contribution in [3.63, 3.8) is 0 Å². The van der Waals surface area contributed by atoms with Crippen LogP contribution in [0.2, 0.25) is 0 Å². The van der Waals surface area contributed by atoms with Crippen molar-refractivity contribution in [2.24, 2.45) is 0 Å². The molecule has 0 unspecified atom stereocenters. The Morgan fingerprint density at radius 3 is 2.79 bits per heavy atom. The van der Waals surface area contributed by atoms with Gasteiger partial charge >= 0.3 is 0 Å². The van der Waals surface area contributed by atoms with E-state index in [9.17, 15) is 9.18 Å². The Morgan fingerprint density at radius 1 is 1.64 bits per heavy atom. The van der Waals surface area contributed by atoms with Crippen molar-refractivity contribution in [3.8, 4) is 6.07 Å². The lowest BCUT2D eigenvalue weighted by Gasteiger charge is -2.04. The van der Waals surface area contributed by atoms with E-state index in [1.165, 1.54) is 6.07 Å². The normalized spacial score (nSPS) is 9.57. The number of aryl methyl sites for hydroxylation is 1. The molecule has 0 heterocycles. The molecule has 0 saturated carbocycles. The maximum atomic E-state index is 13.0. The summed E-state index contributed by atoms with van der Waals surface area (Å²) in [6, 6.07) is 4.23. The van der Waals surface area contributed by atoms with Gasteiger partial charge < -0.3 is 0 Å². The molecule has 0 aromatic heterocycles. The molecular weight excluding hydrogens is 249 g/mol. The van der Waals surface area contributed by atoms with Gasteiger partial charge in [0, 0.05) is 5.56 Å². The molecule has 0 atom stereocenters. The Morgan fingerprint density at radius 2 is 2.29 bits per heavy atom. The third-order valence-electron chi connectivity index (χ3n) is 1.83. The number of halogens is 2. The van der Waals surface area contributed by atoms with Gasteiger partial charge in [0.2, 0.25) is 0 Å². The monoisotopic (exact) mass is 255 g/mol. The summed E-state index contributed by atoms with van der Waals surface area (Å²) in [5, 5.41) is 8.88. The van der Waals surface area contributed by atoms with Gasteiger partial charge in [-0.25, -0.2) is 4.39 Å². The van der Waals surface area contributed by atoms with E-state index in [0.717, 1.165) is 6.07 Å². The van der Waals surface area contributed by atoms with Crippen LogP contribution < -0.4 is 0 Å². The van der Waals surface area contributed by atoms with Gasteiger partial charge in [0.05, 0.1) is 10.9 Å². The third-order valence-corrected chi connectivity index (χ3v) is 2.34. The lowest BCUT2D eigenvalue weighted by molar-refractivity contribution is 0.102. The van der Waals surface area contributed by atoms with E-state index in [1.54, 1.807) is 6.92 Å². The van der Waals surface area contributed by atoms with E-state index >= 15 is 0 Å². The van der Waals surface area contributed by atoms with Crippen LogP contribution >= 0.6 is 15.9 Å². The van der Waals surface area contributed by atoms with Crippen molar-refractivity contribution < 1.29 is 9.18 Å². The van der Waals surface area contributed by atoms with E-state index in [2.05, 4.69) is 15.9 Å². The highest BCUT2D eigenvalue weighted by atomic mass is 79.9. The second kappa shape index (κ2) is 4.34. The topological polar surface area (TPSA) is 40.9 Å². The zero-order valence-electron chi connectivity index (χ0n) is 7.47. The van der Waals surface area contributed by atoms with Crippen LogP contribution in [0.1, 0.15) is 21.5 Å². The molecule has 0 aliphatic carbocycles. The largest absolute Gasteiger partial charge is 0.293 e. The molecule has 0 fully saturated rings. The van der Waals surface area contributed by atoms with Gasteiger partial charge in [-0.1, -0.05) is 15.9 Å². The zero-order valence-corrected chi connectivity index (χ0v) is 9.06. The van der Waals surface area contributed by atoms with Crippen molar-refractivity contribution in [1.82, 2.24) is 0 Å². The van der Waals surface area contributed by atoms with Gasteiger partial charge in [0.1, 0.15) is 11.9 Å². The summed E-state index contributed by atoms with van der Waals surface area (Å²) < 4.78 is 13.0. The number of hydrogen-bond donors (Lipinski definition) is 0. The van der Waals surface area contributed by atoms with Crippen molar-refractivity contribution >= 4 is 21.7 Å². The number of nitrogens with zero attached hydrogens (tertiary/aromatic N) is 1. The van der Waals surface area contributed by atoms with Crippen LogP contribution in [-0.4, -0.2) is 11.1 Å². The quantitative estimate of drug-likeness (QED) is 0.602. The Kier molecular flexibility index (Phi) is 3.37. The minimum Gasteiger partial charge on any atom is -0.293 e. The summed E-state index contributed by atoms with van der Waals surface area (Å²) >= 11 is 2.98. The van der Waals surface area contributed by atoms with Crippen LogP contribution in [-0.2, 0) is 0 Å². The number of carbonyl (C=O) groups excluding carboxylic acids is 1. The fourth-order valence-corrected chi connectivity index (χ4v) is 1.49. The first-order chi connectivity index (χ1) is 6.60. The highest BCUT2D eigenvalue weighted by Crippen LogP contribution is 2.16. The standard InChI is InChI=1S/C10H7BrFNO/c1-6-2-7(12)3-8(9(6)5-13)10(14)4-11/h2-3H,4H2,1H3. The molecule has 0 bridgehead atoms. The average Bonchev–Trinajstić information content (AvgIpc) is 2.15. The van der Waals surface area contributed by atoms with Crippen LogP contribution in [0.3, 0.4) is 0 Å². The Labute approximate surface area is 89.5 Å². The molecule has 0 radical (unpaired) electrons. The summed E-state index contributed by atoms with van der Waals surface area (Å²) in [7, 11) is 0. The number of rotatable bonds is 2. The van der Waals surface area contributed by atoms with Gasteiger partial charge in [-0.05, 0) is 24.6 Å². The molecular formula is C10H7BrFNO. The number of carbonyl (C=O) groups is 1. The number of nitriles is 1. The van der Waals surface area contributed by atoms with Crippen molar-refractivity contribution in [1.29, 1.82) is 5.26 Å². The summed E-state index contributed by atoms with van der Waals surface area (Å²) in [6.07, 6.45) is 0. The van der Waals surface area contributed by atoms with E-state index in [0.29, 0.717) is 5.56 Å². The Balaban J connectivity index is 3.41. The minimum absolute atomic E-state index is 0.0879. The first-order valence-electron chi connectivity index (χ1n) is 3.89. The van der Waals surface area contributed by atoms with E-state index in [4.69, 9.17) is 5.26 Å².